The number of nitrogens with zero attached hydrogens (tertiary/aromatic N) is 7. The predicted molar refractivity (Wildman–Crippen MR) is 149 cm³/mol. The molecule has 5 aromatic heterocycles. The highest BCUT2D eigenvalue weighted by atomic mass is 32.1. The smallest absolute Gasteiger partial charge is 0.234 e. The first-order valence-electron chi connectivity index (χ1n) is 12.8. The van der Waals surface area contributed by atoms with Gasteiger partial charge in [-0.05, 0) is 66.0 Å². The number of pyridine rings is 1. The van der Waals surface area contributed by atoms with E-state index in [2.05, 4.69) is 72.4 Å². The first kappa shape index (κ1) is 22.9. The van der Waals surface area contributed by atoms with Crippen molar-refractivity contribution in [3.8, 4) is 33.9 Å². The fraction of sp³-hybridized carbons (Fsp3) is 0.207. The van der Waals surface area contributed by atoms with Gasteiger partial charge in [-0.15, -0.1) is 0 Å². The van der Waals surface area contributed by atoms with Crippen LogP contribution in [0.2, 0.25) is 0 Å². The van der Waals surface area contributed by atoms with Gasteiger partial charge in [0.05, 0.1) is 5.69 Å². The van der Waals surface area contributed by atoms with Crippen molar-refractivity contribution < 1.29 is 0 Å². The fourth-order valence-electron chi connectivity index (χ4n) is 5.15. The van der Waals surface area contributed by atoms with E-state index in [1.54, 1.807) is 23.7 Å². The predicted octanol–water partition coefficient (Wildman–Crippen LogP) is 5.68. The van der Waals surface area contributed by atoms with Gasteiger partial charge in [-0.1, -0.05) is 30.3 Å². The van der Waals surface area contributed by atoms with Gasteiger partial charge in [-0.2, -0.15) is 16.4 Å². The summed E-state index contributed by atoms with van der Waals surface area (Å²) in [7, 11) is 0. The lowest BCUT2D eigenvalue weighted by molar-refractivity contribution is 0.202. The lowest BCUT2D eigenvalue weighted by atomic mass is 9.95. The van der Waals surface area contributed by atoms with Crippen LogP contribution in [0.15, 0.2) is 84.1 Å². The topological polar surface area (TPSA) is 87.9 Å². The molecule has 1 saturated heterocycles. The summed E-state index contributed by atoms with van der Waals surface area (Å²) in [5.41, 5.74) is 6.50. The number of fused-ring (bicyclic) bond motifs is 1. The number of thiophene rings is 1. The van der Waals surface area contributed by atoms with Gasteiger partial charge in [-0.25, -0.2) is 15.0 Å². The number of rotatable bonds is 6. The molecule has 1 aliphatic rings. The third-order valence-electron chi connectivity index (χ3n) is 7.21. The molecule has 6 aromatic rings. The molecule has 0 amide bonds. The normalized spacial score (nSPS) is 14.8. The number of imidazole rings is 1. The second-order valence-corrected chi connectivity index (χ2v) is 10.4. The van der Waals surface area contributed by atoms with Gasteiger partial charge in [-0.3, -0.25) is 19.4 Å². The van der Waals surface area contributed by atoms with Crippen LogP contribution >= 0.6 is 11.3 Å². The monoisotopic (exact) mass is 518 g/mol. The molecule has 6 heterocycles. The van der Waals surface area contributed by atoms with Crippen LogP contribution in [0.3, 0.4) is 0 Å². The fourth-order valence-corrected chi connectivity index (χ4v) is 5.81. The minimum Gasteiger partial charge on any atom is -0.299 e. The summed E-state index contributed by atoms with van der Waals surface area (Å²) < 4.78 is 1.98. The van der Waals surface area contributed by atoms with E-state index in [1.165, 1.54) is 11.1 Å². The lowest BCUT2D eigenvalue weighted by Gasteiger charge is -2.30. The quantitative estimate of drug-likeness (QED) is 0.305. The molecule has 1 aromatic carbocycles. The Morgan fingerprint density at radius 3 is 2.61 bits per heavy atom. The largest absolute Gasteiger partial charge is 0.299 e. The molecule has 8 nitrogen and oxygen atoms in total. The van der Waals surface area contributed by atoms with Gasteiger partial charge < -0.3 is 0 Å². The number of nitrogens with one attached hydrogen (secondary N) is 1. The molecule has 0 bridgehead atoms. The van der Waals surface area contributed by atoms with Crippen molar-refractivity contribution in [1.82, 2.24) is 39.4 Å². The summed E-state index contributed by atoms with van der Waals surface area (Å²) in [5, 5.41) is 11.8. The molecule has 0 unspecified atom stereocenters. The molecular formula is C29H26N8S. The third-order valence-corrected chi connectivity index (χ3v) is 7.90. The molecule has 1 N–H and O–H groups in total. The van der Waals surface area contributed by atoms with E-state index in [0.717, 1.165) is 66.6 Å². The van der Waals surface area contributed by atoms with Gasteiger partial charge in [0.15, 0.2) is 11.6 Å². The molecule has 9 heteroatoms. The molecule has 0 spiro atoms. The first-order valence-corrected chi connectivity index (χ1v) is 13.8. The van der Waals surface area contributed by atoms with Crippen molar-refractivity contribution in [2.75, 3.05) is 13.1 Å². The van der Waals surface area contributed by atoms with Gasteiger partial charge in [0.2, 0.25) is 5.78 Å². The standard InChI is InChI=1S/C29H26N8S/c1-2-11-30-25(3-1)28-33-27(34-35-28)22-8-13-36(14-9-22)17-20-4-6-21(7-5-20)26-24(23-10-16-38-19-23)18-37-15-12-31-29(37)32-26/h1-7,10-12,15-16,18-19,22H,8-9,13-14,17H2,(H,33,34,35). The second kappa shape index (κ2) is 9.92. The van der Waals surface area contributed by atoms with Crippen LogP contribution in [-0.2, 0) is 6.54 Å². The summed E-state index contributed by atoms with van der Waals surface area (Å²) in [6.45, 7) is 2.99. The Morgan fingerprint density at radius 2 is 1.82 bits per heavy atom. The SMILES string of the molecule is c1ccc(-c2nc(C3CCN(Cc4ccc(-c5nc6nccn6cc5-c5ccsc5)cc4)CC3)n[nH]2)nc1. The molecule has 0 radical (unpaired) electrons. The van der Waals surface area contributed by atoms with Crippen molar-refractivity contribution in [3.05, 3.63) is 95.5 Å². The van der Waals surface area contributed by atoms with Crippen molar-refractivity contribution in [1.29, 1.82) is 0 Å². The van der Waals surface area contributed by atoms with E-state index in [-0.39, 0.29) is 0 Å². The highest BCUT2D eigenvalue weighted by Gasteiger charge is 2.24. The summed E-state index contributed by atoms with van der Waals surface area (Å²) in [5.74, 6) is 2.73. The minimum atomic E-state index is 0.376. The molecule has 1 aliphatic heterocycles. The summed E-state index contributed by atoms with van der Waals surface area (Å²) in [6.07, 6.45) is 9.73. The molecule has 0 aliphatic carbocycles. The highest BCUT2D eigenvalue weighted by Crippen LogP contribution is 2.33. The Hall–Kier alpha value is -4.21. The minimum absolute atomic E-state index is 0.376. The summed E-state index contributed by atoms with van der Waals surface area (Å²) in [4.78, 5) is 20.9. The Labute approximate surface area is 224 Å². The van der Waals surface area contributed by atoms with Crippen molar-refractivity contribution in [2.45, 2.75) is 25.3 Å². The van der Waals surface area contributed by atoms with Crippen LogP contribution in [0.4, 0.5) is 0 Å². The molecule has 188 valence electrons. The maximum absolute atomic E-state index is 4.89. The number of piperidine rings is 1. The molecule has 38 heavy (non-hydrogen) atoms. The zero-order valence-corrected chi connectivity index (χ0v) is 21.6. The average molecular weight is 519 g/mol. The van der Waals surface area contributed by atoms with Crippen molar-refractivity contribution in [3.63, 3.8) is 0 Å². The Morgan fingerprint density at radius 1 is 0.921 bits per heavy atom. The van der Waals surface area contributed by atoms with Crippen LogP contribution in [0.1, 0.15) is 30.1 Å². The van der Waals surface area contributed by atoms with E-state index in [1.807, 2.05) is 28.8 Å². The van der Waals surface area contributed by atoms with E-state index in [0.29, 0.717) is 11.7 Å². The van der Waals surface area contributed by atoms with Crippen LogP contribution in [0.25, 0.3) is 39.7 Å². The molecule has 1 fully saturated rings. The van der Waals surface area contributed by atoms with Gasteiger partial charge in [0.25, 0.3) is 0 Å². The maximum atomic E-state index is 4.89. The van der Waals surface area contributed by atoms with E-state index in [4.69, 9.17) is 9.97 Å². The van der Waals surface area contributed by atoms with E-state index in [9.17, 15) is 0 Å². The highest BCUT2D eigenvalue weighted by molar-refractivity contribution is 7.08. The Bertz CT molecular complexity index is 1650. The zero-order valence-electron chi connectivity index (χ0n) is 20.7. The Kier molecular flexibility index (Phi) is 5.99. The van der Waals surface area contributed by atoms with Gasteiger partial charge in [0, 0.05) is 48.4 Å². The lowest BCUT2D eigenvalue weighted by Crippen LogP contribution is -2.32. The number of hydrogen-bond donors (Lipinski definition) is 1. The number of hydrogen-bond acceptors (Lipinski definition) is 7. The second-order valence-electron chi connectivity index (χ2n) is 9.65. The summed E-state index contributed by atoms with van der Waals surface area (Å²) in [6, 6.07) is 16.8. The number of likely N-dealkylation sites (tertiary alicyclic amines) is 1. The van der Waals surface area contributed by atoms with Gasteiger partial charge >= 0.3 is 0 Å². The Balaban J connectivity index is 1.03. The van der Waals surface area contributed by atoms with E-state index < -0.39 is 0 Å². The van der Waals surface area contributed by atoms with Crippen LogP contribution < -0.4 is 0 Å². The number of H-pyrrole nitrogens is 1. The number of aromatic nitrogens is 7. The first-order chi connectivity index (χ1) is 18.8. The van der Waals surface area contributed by atoms with Crippen molar-refractivity contribution in [2.24, 2.45) is 0 Å². The van der Waals surface area contributed by atoms with Crippen LogP contribution in [-0.4, -0.2) is 52.5 Å². The van der Waals surface area contributed by atoms with Crippen molar-refractivity contribution >= 4 is 17.1 Å². The number of benzene rings is 1. The molecule has 0 saturated carbocycles. The van der Waals surface area contributed by atoms with Crippen LogP contribution in [0, 0.1) is 0 Å². The third kappa shape index (κ3) is 4.51. The average Bonchev–Trinajstić information content (AvgIpc) is 3.76. The zero-order chi connectivity index (χ0) is 25.3. The van der Waals surface area contributed by atoms with Gasteiger partial charge in [0.1, 0.15) is 5.69 Å². The molecule has 0 atom stereocenters. The molecular weight excluding hydrogens is 492 g/mol. The van der Waals surface area contributed by atoms with Crippen LogP contribution in [0.5, 0.6) is 0 Å². The maximum Gasteiger partial charge on any atom is 0.234 e. The summed E-state index contributed by atoms with van der Waals surface area (Å²) >= 11 is 1.70. The van der Waals surface area contributed by atoms with E-state index >= 15 is 0 Å². The molecule has 7 rings (SSSR count). The number of aromatic amines is 1.